The first kappa shape index (κ1) is 15.7. The molecule has 0 N–H and O–H groups in total. The molecule has 0 unspecified atom stereocenters. The molecule has 0 amide bonds. The summed E-state index contributed by atoms with van der Waals surface area (Å²) in [6, 6.07) is 1.97. The zero-order valence-electron chi connectivity index (χ0n) is 9.99. The van der Waals surface area contributed by atoms with Crippen molar-refractivity contribution >= 4 is 15.9 Å². The topological polar surface area (TPSA) is 9.23 Å². The quantitative estimate of drug-likeness (QED) is 0.553. The first-order valence-electron chi connectivity index (χ1n) is 5.41. The van der Waals surface area contributed by atoms with Gasteiger partial charge in [-0.05, 0) is 28.1 Å². The molecule has 0 aliphatic heterocycles. The van der Waals surface area contributed by atoms with Gasteiger partial charge in [-0.1, -0.05) is 0 Å². The Morgan fingerprint density at radius 2 is 1.38 bits per heavy atom. The highest BCUT2D eigenvalue weighted by Crippen LogP contribution is 2.28. The number of hydrogen-bond acceptors (Lipinski definition) is 1. The van der Waals surface area contributed by atoms with Crippen LogP contribution in [0.2, 0.25) is 0 Å². The third kappa shape index (κ3) is 2.99. The molecule has 0 bridgehead atoms. The molecule has 0 spiro atoms. The number of halogens is 7. The van der Waals surface area contributed by atoms with Crippen molar-refractivity contribution in [2.24, 2.45) is 0 Å². The molecule has 21 heavy (non-hydrogen) atoms. The summed E-state index contributed by atoms with van der Waals surface area (Å²) in [4.78, 5) is 0. The zero-order valence-corrected chi connectivity index (χ0v) is 11.6. The molecule has 0 saturated carbocycles. The van der Waals surface area contributed by atoms with E-state index >= 15 is 0 Å². The summed E-state index contributed by atoms with van der Waals surface area (Å²) in [5.74, 6) is -10.4. The predicted octanol–water partition coefficient (Wildman–Crippen LogP) is 4.86. The minimum atomic E-state index is -1.79. The van der Waals surface area contributed by atoms with Gasteiger partial charge in [0.1, 0.15) is 18.2 Å². The third-order valence-electron chi connectivity index (χ3n) is 2.57. The molecule has 112 valence electrons. The van der Waals surface area contributed by atoms with Gasteiger partial charge in [0, 0.05) is 6.07 Å². The molecule has 2 aromatic rings. The van der Waals surface area contributed by atoms with Crippen molar-refractivity contribution < 1.29 is 31.1 Å². The van der Waals surface area contributed by atoms with Crippen LogP contribution in [0.15, 0.2) is 22.7 Å². The van der Waals surface area contributed by atoms with Crippen molar-refractivity contribution in [1.82, 2.24) is 0 Å². The van der Waals surface area contributed by atoms with Crippen LogP contribution in [0, 0.1) is 34.9 Å². The molecule has 0 aliphatic carbocycles. The van der Waals surface area contributed by atoms with Crippen LogP contribution in [0.3, 0.4) is 0 Å². The third-order valence-corrected chi connectivity index (χ3v) is 3.18. The summed E-state index contributed by atoms with van der Waals surface area (Å²) in [5.41, 5.74) is -0.646. The van der Waals surface area contributed by atoms with Gasteiger partial charge < -0.3 is 4.74 Å². The molecule has 0 radical (unpaired) electrons. The largest absolute Gasteiger partial charge is 0.482 e. The van der Waals surface area contributed by atoms with Gasteiger partial charge in [0.2, 0.25) is 11.6 Å². The van der Waals surface area contributed by atoms with E-state index in [-0.39, 0.29) is 10.5 Å². The minimum absolute atomic E-state index is 0.00218. The summed E-state index contributed by atoms with van der Waals surface area (Å²) in [7, 11) is 0. The molecule has 2 rings (SSSR count). The van der Waals surface area contributed by atoms with Gasteiger partial charge in [-0.25, -0.2) is 17.6 Å². The smallest absolute Gasteiger partial charge is 0.203 e. The first-order valence-corrected chi connectivity index (χ1v) is 6.20. The summed E-state index contributed by atoms with van der Waals surface area (Å²) in [6.07, 6.45) is 0. The Bertz CT molecular complexity index is 678. The number of rotatable bonds is 3. The second-order valence-electron chi connectivity index (χ2n) is 3.91. The molecule has 1 nitrogen and oxygen atoms in total. The van der Waals surface area contributed by atoms with Crippen molar-refractivity contribution in [2.45, 2.75) is 6.61 Å². The van der Waals surface area contributed by atoms with Gasteiger partial charge in [0.15, 0.2) is 17.4 Å². The van der Waals surface area contributed by atoms with Crippen LogP contribution in [-0.4, -0.2) is 0 Å². The van der Waals surface area contributed by atoms with E-state index in [0.717, 1.165) is 12.1 Å². The molecular weight excluding hydrogens is 366 g/mol. The van der Waals surface area contributed by atoms with E-state index in [9.17, 15) is 26.3 Å². The van der Waals surface area contributed by atoms with E-state index in [1.807, 2.05) is 0 Å². The molecule has 0 aliphatic rings. The molecule has 0 heterocycles. The Morgan fingerprint density at radius 1 is 0.810 bits per heavy atom. The Labute approximate surface area is 123 Å². The van der Waals surface area contributed by atoms with Gasteiger partial charge in [0.05, 0.1) is 10.0 Å². The maximum Gasteiger partial charge on any atom is 0.203 e. The maximum atomic E-state index is 13.6. The second-order valence-corrected chi connectivity index (χ2v) is 4.76. The Kier molecular flexibility index (Phi) is 4.46. The van der Waals surface area contributed by atoms with Crippen LogP contribution in [0.5, 0.6) is 5.75 Å². The van der Waals surface area contributed by atoms with Crippen LogP contribution >= 0.6 is 15.9 Å². The van der Waals surface area contributed by atoms with Crippen molar-refractivity contribution in [3.63, 3.8) is 0 Å². The van der Waals surface area contributed by atoms with Gasteiger partial charge in [-0.2, -0.15) is 8.78 Å². The van der Waals surface area contributed by atoms with Gasteiger partial charge in [-0.3, -0.25) is 0 Å². The molecule has 2 aromatic carbocycles. The van der Waals surface area contributed by atoms with E-state index in [1.165, 1.54) is 0 Å². The van der Waals surface area contributed by atoms with Crippen molar-refractivity contribution in [1.29, 1.82) is 0 Å². The van der Waals surface area contributed by atoms with Crippen molar-refractivity contribution in [3.8, 4) is 5.75 Å². The highest BCUT2D eigenvalue weighted by atomic mass is 79.9. The standard InChI is InChI=1S/C13H5BrF6O/c14-6-1-2-7(15)5(10(6)18)4-21-13-11(19)8(16)3-9(17)12(13)20/h1-3H,4H2. The molecule has 0 saturated heterocycles. The fourth-order valence-electron chi connectivity index (χ4n) is 1.52. The predicted molar refractivity (Wildman–Crippen MR) is 64.7 cm³/mol. The van der Waals surface area contributed by atoms with E-state index in [2.05, 4.69) is 20.7 Å². The molecule has 0 aromatic heterocycles. The maximum absolute atomic E-state index is 13.6. The van der Waals surface area contributed by atoms with Crippen LogP contribution in [-0.2, 0) is 6.61 Å². The number of hydrogen-bond donors (Lipinski definition) is 0. The van der Waals surface area contributed by atoms with Gasteiger partial charge >= 0.3 is 0 Å². The highest BCUT2D eigenvalue weighted by Gasteiger charge is 2.22. The molecule has 0 fully saturated rings. The first-order chi connectivity index (χ1) is 9.82. The van der Waals surface area contributed by atoms with E-state index in [4.69, 9.17) is 0 Å². The van der Waals surface area contributed by atoms with Gasteiger partial charge in [0.25, 0.3) is 0 Å². The average molecular weight is 371 g/mol. The van der Waals surface area contributed by atoms with Crippen molar-refractivity contribution in [3.05, 3.63) is 63.1 Å². The lowest BCUT2D eigenvalue weighted by Gasteiger charge is -2.11. The van der Waals surface area contributed by atoms with E-state index < -0.39 is 52.8 Å². The fourth-order valence-corrected chi connectivity index (χ4v) is 1.90. The van der Waals surface area contributed by atoms with Crippen LogP contribution in [0.1, 0.15) is 5.56 Å². The molecule has 8 heteroatoms. The van der Waals surface area contributed by atoms with Crippen LogP contribution in [0.25, 0.3) is 0 Å². The lowest BCUT2D eigenvalue weighted by molar-refractivity contribution is 0.252. The van der Waals surface area contributed by atoms with Crippen LogP contribution < -0.4 is 4.74 Å². The SMILES string of the molecule is Fc1cc(F)c(F)c(OCc2c(F)ccc(Br)c2F)c1F. The van der Waals surface area contributed by atoms with Gasteiger partial charge in [-0.15, -0.1) is 0 Å². The molecular formula is C13H5BrF6O. The summed E-state index contributed by atoms with van der Waals surface area (Å²) >= 11 is 2.79. The Hall–Kier alpha value is -1.70. The summed E-state index contributed by atoms with van der Waals surface area (Å²) in [5, 5.41) is 0. The van der Waals surface area contributed by atoms with Crippen molar-refractivity contribution in [2.75, 3.05) is 0 Å². The normalized spacial score (nSPS) is 10.8. The molecule has 0 atom stereocenters. The second kappa shape index (κ2) is 5.97. The summed E-state index contributed by atoms with van der Waals surface area (Å²) < 4.78 is 84.0. The average Bonchev–Trinajstić information content (AvgIpc) is 2.44. The van der Waals surface area contributed by atoms with E-state index in [0.29, 0.717) is 0 Å². The highest BCUT2D eigenvalue weighted by molar-refractivity contribution is 9.10. The Morgan fingerprint density at radius 3 is 1.95 bits per heavy atom. The number of ether oxygens (including phenoxy) is 1. The van der Waals surface area contributed by atoms with E-state index in [1.54, 1.807) is 0 Å². The lowest BCUT2D eigenvalue weighted by Crippen LogP contribution is -2.07. The summed E-state index contributed by atoms with van der Waals surface area (Å²) in [6.45, 7) is -0.951. The monoisotopic (exact) mass is 370 g/mol. The lowest BCUT2D eigenvalue weighted by atomic mass is 10.2. The zero-order chi connectivity index (χ0) is 15.7. The fraction of sp³-hybridized carbons (Fsp3) is 0.0769. The number of benzene rings is 2. The minimum Gasteiger partial charge on any atom is -0.482 e. The Balaban J connectivity index is 2.36. The van der Waals surface area contributed by atoms with Crippen LogP contribution in [0.4, 0.5) is 26.3 Å².